The van der Waals surface area contributed by atoms with Gasteiger partial charge in [-0.1, -0.05) is 37.3 Å². The van der Waals surface area contributed by atoms with Gasteiger partial charge >= 0.3 is 11.9 Å². The van der Waals surface area contributed by atoms with Gasteiger partial charge in [0.25, 0.3) is 0 Å². The second kappa shape index (κ2) is 7.77. The molecule has 1 heterocycles. The van der Waals surface area contributed by atoms with E-state index in [4.69, 9.17) is 18.9 Å². The molecule has 0 saturated carbocycles. The molecule has 0 spiro atoms. The summed E-state index contributed by atoms with van der Waals surface area (Å²) < 4.78 is 22.4. The molecule has 0 amide bonds. The second-order valence-corrected chi connectivity index (χ2v) is 6.05. The number of esters is 2. The molecule has 6 heteroatoms. The summed E-state index contributed by atoms with van der Waals surface area (Å²) in [5.74, 6) is -0.978. The van der Waals surface area contributed by atoms with E-state index < -0.39 is 36.0 Å². The van der Waals surface area contributed by atoms with Crippen LogP contribution in [0.1, 0.15) is 39.7 Å². The molecule has 1 aromatic rings. The monoisotopic (exact) mass is 336 g/mol. The number of carbonyl (C=O) groups is 2. The van der Waals surface area contributed by atoms with Crippen molar-refractivity contribution in [2.45, 2.75) is 64.8 Å². The quantitative estimate of drug-likeness (QED) is 0.744. The number of hydrogen-bond acceptors (Lipinski definition) is 6. The molecule has 0 radical (unpaired) electrons. The van der Waals surface area contributed by atoms with Crippen molar-refractivity contribution in [3.63, 3.8) is 0 Å². The zero-order valence-electron chi connectivity index (χ0n) is 14.5. The van der Waals surface area contributed by atoms with E-state index in [1.807, 2.05) is 44.2 Å². The topological polar surface area (TPSA) is 71.1 Å². The molecule has 4 atom stereocenters. The summed E-state index contributed by atoms with van der Waals surface area (Å²) in [7, 11) is 0. The van der Waals surface area contributed by atoms with Crippen LogP contribution >= 0.6 is 0 Å². The van der Waals surface area contributed by atoms with Crippen LogP contribution in [0.2, 0.25) is 0 Å². The molecule has 2 rings (SSSR count). The van der Waals surface area contributed by atoms with Crippen molar-refractivity contribution in [2.24, 2.45) is 0 Å². The van der Waals surface area contributed by atoms with E-state index in [-0.39, 0.29) is 0 Å². The lowest BCUT2D eigenvalue weighted by Gasteiger charge is -2.30. The largest absolute Gasteiger partial charge is 0.453 e. The van der Waals surface area contributed by atoms with Crippen molar-refractivity contribution >= 4 is 11.9 Å². The molecule has 132 valence electrons. The molecule has 24 heavy (non-hydrogen) atoms. The SMILES string of the molecule is CC[C@@]1(C)O[C@@H](OC(C)=O)C(OC(C)=O)[C@H]1OCc1ccccc1. The Morgan fingerprint density at radius 3 is 2.29 bits per heavy atom. The first kappa shape index (κ1) is 18.4. The van der Waals surface area contributed by atoms with Crippen molar-refractivity contribution in [3.8, 4) is 0 Å². The molecule has 0 aromatic heterocycles. The zero-order valence-corrected chi connectivity index (χ0v) is 14.5. The molecular weight excluding hydrogens is 312 g/mol. The Bertz CT molecular complexity index is 572. The van der Waals surface area contributed by atoms with Crippen LogP contribution in [0.3, 0.4) is 0 Å². The molecule has 0 N–H and O–H groups in total. The smallest absolute Gasteiger partial charge is 0.305 e. The van der Waals surface area contributed by atoms with Crippen molar-refractivity contribution in [1.82, 2.24) is 0 Å². The maximum atomic E-state index is 11.5. The fourth-order valence-electron chi connectivity index (χ4n) is 2.77. The van der Waals surface area contributed by atoms with Crippen molar-refractivity contribution in [1.29, 1.82) is 0 Å². The molecule has 0 aliphatic carbocycles. The van der Waals surface area contributed by atoms with E-state index in [0.29, 0.717) is 13.0 Å². The standard InChI is InChI=1S/C18H24O6/c1-5-18(4)16(21-11-14-9-7-6-8-10-14)15(22-12(2)19)17(24-18)23-13(3)20/h6-10,15-17H,5,11H2,1-4H3/t15?,16-,17-,18-/m1/s1. The lowest BCUT2D eigenvalue weighted by molar-refractivity contribution is -0.202. The van der Waals surface area contributed by atoms with E-state index in [9.17, 15) is 9.59 Å². The van der Waals surface area contributed by atoms with Crippen LogP contribution in [0.5, 0.6) is 0 Å². The van der Waals surface area contributed by atoms with Crippen molar-refractivity contribution in [2.75, 3.05) is 0 Å². The predicted molar refractivity (Wildman–Crippen MR) is 85.9 cm³/mol. The Hall–Kier alpha value is -1.92. The number of rotatable bonds is 6. The third kappa shape index (κ3) is 4.33. The Morgan fingerprint density at radius 1 is 1.12 bits per heavy atom. The van der Waals surface area contributed by atoms with Gasteiger partial charge in [0.1, 0.15) is 6.10 Å². The van der Waals surface area contributed by atoms with E-state index in [0.717, 1.165) is 5.56 Å². The summed E-state index contributed by atoms with van der Waals surface area (Å²) in [5.41, 5.74) is 0.267. The van der Waals surface area contributed by atoms with Gasteiger partial charge in [0.2, 0.25) is 6.29 Å². The lowest BCUT2D eigenvalue weighted by Crippen LogP contribution is -2.44. The van der Waals surface area contributed by atoms with Crippen LogP contribution in [0, 0.1) is 0 Å². The average Bonchev–Trinajstić information content (AvgIpc) is 2.77. The van der Waals surface area contributed by atoms with E-state index >= 15 is 0 Å². The highest BCUT2D eigenvalue weighted by Gasteiger charge is 2.55. The summed E-state index contributed by atoms with van der Waals surface area (Å²) in [6.07, 6.45) is -1.71. The number of ether oxygens (including phenoxy) is 4. The first-order valence-corrected chi connectivity index (χ1v) is 8.03. The van der Waals surface area contributed by atoms with Gasteiger partial charge in [0.15, 0.2) is 6.10 Å². The molecule has 1 saturated heterocycles. The molecule has 0 bridgehead atoms. The summed E-state index contributed by atoms with van der Waals surface area (Å²) in [5, 5.41) is 0. The first-order chi connectivity index (χ1) is 11.4. The van der Waals surface area contributed by atoms with Crippen molar-refractivity contribution < 1.29 is 28.5 Å². The Kier molecular flexibility index (Phi) is 5.96. The number of hydrogen-bond donors (Lipinski definition) is 0. The minimum Gasteiger partial charge on any atom is -0.453 e. The van der Waals surface area contributed by atoms with Crippen LogP contribution in [-0.2, 0) is 35.1 Å². The molecule has 1 fully saturated rings. The minimum absolute atomic E-state index is 0.342. The number of benzene rings is 1. The van der Waals surface area contributed by atoms with Crippen LogP contribution in [0.15, 0.2) is 30.3 Å². The first-order valence-electron chi connectivity index (χ1n) is 8.03. The highest BCUT2D eigenvalue weighted by atomic mass is 16.7. The van der Waals surface area contributed by atoms with Crippen LogP contribution in [0.4, 0.5) is 0 Å². The van der Waals surface area contributed by atoms with Crippen LogP contribution < -0.4 is 0 Å². The van der Waals surface area contributed by atoms with Gasteiger partial charge in [0.05, 0.1) is 12.2 Å². The molecule has 1 aromatic carbocycles. The van der Waals surface area contributed by atoms with Crippen molar-refractivity contribution in [3.05, 3.63) is 35.9 Å². The predicted octanol–water partition coefficient (Wildman–Crippen LogP) is 2.59. The molecule has 1 aliphatic rings. The van der Waals surface area contributed by atoms with Gasteiger partial charge in [-0.25, -0.2) is 0 Å². The third-order valence-electron chi connectivity index (χ3n) is 4.11. The minimum atomic E-state index is -0.975. The van der Waals surface area contributed by atoms with E-state index in [1.54, 1.807) is 0 Å². The summed E-state index contributed by atoms with van der Waals surface area (Å²) in [4.78, 5) is 22.8. The second-order valence-electron chi connectivity index (χ2n) is 6.05. The van der Waals surface area contributed by atoms with Gasteiger partial charge < -0.3 is 18.9 Å². The van der Waals surface area contributed by atoms with Gasteiger partial charge in [-0.2, -0.15) is 0 Å². The molecular formula is C18H24O6. The molecule has 1 unspecified atom stereocenters. The van der Waals surface area contributed by atoms with Gasteiger partial charge in [-0.05, 0) is 18.9 Å². The van der Waals surface area contributed by atoms with Crippen LogP contribution in [-0.4, -0.2) is 36.0 Å². The average molecular weight is 336 g/mol. The maximum Gasteiger partial charge on any atom is 0.305 e. The Morgan fingerprint density at radius 2 is 1.75 bits per heavy atom. The zero-order chi connectivity index (χ0) is 17.7. The Labute approximate surface area is 142 Å². The fraction of sp³-hybridized carbons (Fsp3) is 0.556. The highest BCUT2D eigenvalue weighted by Crippen LogP contribution is 2.38. The summed E-state index contributed by atoms with van der Waals surface area (Å²) >= 11 is 0. The Balaban J connectivity index is 2.20. The normalized spacial score (nSPS) is 29.2. The van der Waals surface area contributed by atoms with Gasteiger partial charge in [0, 0.05) is 13.8 Å². The fourth-order valence-corrected chi connectivity index (χ4v) is 2.77. The van der Waals surface area contributed by atoms with Gasteiger partial charge in [-0.15, -0.1) is 0 Å². The molecule has 6 nitrogen and oxygen atoms in total. The maximum absolute atomic E-state index is 11.5. The van der Waals surface area contributed by atoms with E-state index in [2.05, 4.69) is 0 Å². The lowest BCUT2D eigenvalue weighted by atomic mass is 9.94. The summed E-state index contributed by atoms with van der Waals surface area (Å²) in [6.45, 7) is 6.74. The van der Waals surface area contributed by atoms with E-state index in [1.165, 1.54) is 13.8 Å². The van der Waals surface area contributed by atoms with Gasteiger partial charge in [-0.3, -0.25) is 9.59 Å². The van der Waals surface area contributed by atoms with Crippen LogP contribution in [0.25, 0.3) is 0 Å². The third-order valence-corrected chi connectivity index (χ3v) is 4.11. The summed E-state index contributed by atoms with van der Waals surface area (Å²) in [6, 6.07) is 9.67. The highest BCUT2D eigenvalue weighted by molar-refractivity contribution is 5.67. The number of carbonyl (C=O) groups excluding carboxylic acids is 2. The molecule has 1 aliphatic heterocycles.